The van der Waals surface area contributed by atoms with E-state index in [0.717, 1.165) is 0 Å². The number of nitrogens with zero attached hydrogens (tertiary/aromatic N) is 1. The summed E-state index contributed by atoms with van der Waals surface area (Å²) in [6.45, 7) is 3.07. The number of hydrogen-bond donors (Lipinski definition) is 1. The van der Waals surface area contributed by atoms with Crippen LogP contribution in [0.2, 0.25) is 0 Å². The van der Waals surface area contributed by atoms with Crippen molar-refractivity contribution in [3.63, 3.8) is 0 Å². The third kappa shape index (κ3) is 3.97. The molecule has 0 saturated carbocycles. The SMILES string of the molecule is Cc1cc(C(=O)OC(C)C(=O)Nc2ccc3c(c2)OCO3)ccc1[N+](=O)[O-]. The standard InChI is InChI=1S/C18H16N2O7/c1-10-7-12(3-5-14(10)20(23)24)18(22)27-11(2)17(21)19-13-4-6-15-16(8-13)26-9-25-15/h3-8,11H,9H2,1-2H3,(H,19,21). The Morgan fingerprint density at radius 2 is 1.93 bits per heavy atom. The maximum atomic E-state index is 12.2. The molecule has 0 aromatic heterocycles. The monoisotopic (exact) mass is 372 g/mol. The normalized spacial score (nSPS) is 13.0. The molecule has 0 aliphatic carbocycles. The fraction of sp³-hybridized carbons (Fsp3) is 0.222. The molecule has 27 heavy (non-hydrogen) atoms. The molecular formula is C18H16N2O7. The summed E-state index contributed by atoms with van der Waals surface area (Å²) in [5, 5.41) is 13.5. The Hall–Kier alpha value is -3.62. The van der Waals surface area contributed by atoms with E-state index in [1.54, 1.807) is 18.2 Å². The van der Waals surface area contributed by atoms with Crippen molar-refractivity contribution in [2.24, 2.45) is 0 Å². The van der Waals surface area contributed by atoms with Crippen molar-refractivity contribution in [2.45, 2.75) is 20.0 Å². The number of anilines is 1. The molecule has 0 saturated heterocycles. The first-order valence-corrected chi connectivity index (χ1v) is 8.01. The number of fused-ring (bicyclic) bond motifs is 1. The van der Waals surface area contributed by atoms with Crippen molar-refractivity contribution in [3.8, 4) is 11.5 Å². The lowest BCUT2D eigenvalue weighted by Crippen LogP contribution is -2.30. The van der Waals surface area contributed by atoms with Gasteiger partial charge in [-0.3, -0.25) is 14.9 Å². The second-order valence-corrected chi connectivity index (χ2v) is 5.86. The number of carbonyl (C=O) groups excluding carboxylic acids is 2. The van der Waals surface area contributed by atoms with E-state index < -0.39 is 22.9 Å². The average Bonchev–Trinajstić information content (AvgIpc) is 3.08. The summed E-state index contributed by atoms with van der Waals surface area (Å²) in [6, 6.07) is 8.77. The molecule has 0 spiro atoms. The predicted molar refractivity (Wildman–Crippen MR) is 93.9 cm³/mol. The van der Waals surface area contributed by atoms with Gasteiger partial charge in [0.1, 0.15) is 0 Å². The zero-order chi connectivity index (χ0) is 19.6. The van der Waals surface area contributed by atoms with Crippen molar-refractivity contribution in [3.05, 3.63) is 57.6 Å². The van der Waals surface area contributed by atoms with Gasteiger partial charge in [-0.05, 0) is 38.1 Å². The van der Waals surface area contributed by atoms with Gasteiger partial charge in [-0.2, -0.15) is 0 Å². The highest BCUT2D eigenvalue weighted by Gasteiger charge is 2.22. The van der Waals surface area contributed by atoms with Crippen LogP contribution in [0.15, 0.2) is 36.4 Å². The highest BCUT2D eigenvalue weighted by molar-refractivity contribution is 5.97. The van der Waals surface area contributed by atoms with Crippen LogP contribution in [0.3, 0.4) is 0 Å². The smallest absolute Gasteiger partial charge is 0.338 e. The van der Waals surface area contributed by atoms with Gasteiger partial charge in [0.15, 0.2) is 17.6 Å². The molecule has 140 valence electrons. The Bertz CT molecular complexity index is 926. The summed E-state index contributed by atoms with van der Waals surface area (Å²) in [5.41, 5.74) is 0.825. The third-order valence-corrected chi connectivity index (χ3v) is 3.92. The minimum absolute atomic E-state index is 0.0971. The first-order chi connectivity index (χ1) is 12.8. The lowest BCUT2D eigenvalue weighted by atomic mass is 10.1. The highest BCUT2D eigenvalue weighted by atomic mass is 16.7. The number of amides is 1. The van der Waals surface area contributed by atoms with Crippen molar-refractivity contribution in [1.82, 2.24) is 0 Å². The summed E-state index contributed by atoms with van der Waals surface area (Å²) in [7, 11) is 0. The van der Waals surface area contributed by atoms with Crippen LogP contribution >= 0.6 is 0 Å². The molecular weight excluding hydrogens is 356 g/mol. The maximum Gasteiger partial charge on any atom is 0.338 e. The van der Waals surface area contributed by atoms with Crippen LogP contribution < -0.4 is 14.8 Å². The summed E-state index contributed by atoms with van der Waals surface area (Å²) in [4.78, 5) is 34.7. The molecule has 2 aromatic carbocycles. The number of nitro groups is 1. The van der Waals surface area contributed by atoms with Gasteiger partial charge < -0.3 is 19.5 Å². The fourth-order valence-corrected chi connectivity index (χ4v) is 2.49. The van der Waals surface area contributed by atoms with Crippen LogP contribution in [0, 0.1) is 17.0 Å². The number of aryl methyl sites for hydroxylation is 1. The van der Waals surface area contributed by atoms with E-state index in [1.807, 2.05) is 0 Å². The zero-order valence-electron chi connectivity index (χ0n) is 14.6. The Morgan fingerprint density at radius 1 is 1.19 bits per heavy atom. The third-order valence-electron chi connectivity index (χ3n) is 3.92. The van der Waals surface area contributed by atoms with Gasteiger partial charge in [-0.15, -0.1) is 0 Å². The van der Waals surface area contributed by atoms with Crippen molar-refractivity contribution < 1.29 is 28.7 Å². The van der Waals surface area contributed by atoms with Gasteiger partial charge in [0.05, 0.1) is 10.5 Å². The van der Waals surface area contributed by atoms with E-state index in [-0.39, 0.29) is 18.0 Å². The molecule has 1 heterocycles. The summed E-state index contributed by atoms with van der Waals surface area (Å²) in [5.74, 6) is -0.179. The van der Waals surface area contributed by atoms with Gasteiger partial charge >= 0.3 is 5.97 Å². The van der Waals surface area contributed by atoms with Gasteiger partial charge in [0.2, 0.25) is 6.79 Å². The molecule has 9 nitrogen and oxygen atoms in total. The number of hydrogen-bond acceptors (Lipinski definition) is 7. The van der Waals surface area contributed by atoms with Gasteiger partial charge in [0, 0.05) is 23.4 Å². The van der Waals surface area contributed by atoms with Crippen LogP contribution in [0.5, 0.6) is 11.5 Å². The lowest BCUT2D eigenvalue weighted by Gasteiger charge is -2.14. The summed E-state index contributed by atoms with van der Waals surface area (Å²) >= 11 is 0. The number of nitro benzene ring substituents is 1. The molecule has 0 bridgehead atoms. The number of ether oxygens (including phenoxy) is 3. The molecule has 1 unspecified atom stereocenters. The van der Waals surface area contributed by atoms with Crippen LogP contribution in [-0.4, -0.2) is 29.7 Å². The first-order valence-electron chi connectivity index (χ1n) is 8.01. The van der Waals surface area contributed by atoms with E-state index in [4.69, 9.17) is 14.2 Å². The van der Waals surface area contributed by atoms with Crippen LogP contribution in [0.25, 0.3) is 0 Å². The molecule has 0 fully saturated rings. The average molecular weight is 372 g/mol. The van der Waals surface area contributed by atoms with Crippen molar-refractivity contribution >= 4 is 23.3 Å². The Morgan fingerprint density at radius 3 is 2.63 bits per heavy atom. The van der Waals surface area contributed by atoms with Crippen molar-refractivity contribution in [2.75, 3.05) is 12.1 Å². The van der Waals surface area contributed by atoms with E-state index in [9.17, 15) is 19.7 Å². The molecule has 9 heteroatoms. The molecule has 1 aliphatic heterocycles. The predicted octanol–water partition coefficient (Wildman–Crippen LogP) is 2.82. The molecule has 1 amide bonds. The fourth-order valence-electron chi connectivity index (χ4n) is 2.49. The highest BCUT2D eigenvalue weighted by Crippen LogP contribution is 2.34. The summed E-state index contributed by atoms with van der Waals surface area (Å²) < 4.78 is 15.6. The molecule has 0 radical (unpaired) electrons. The van der Waals surface area contributed by atoms with E-state index >= 15 is 0 Å². The molecule has 2 aromatic rings. The zero-order valence-corrected chi connectivity index (χ0v) is 14.6. The largest absolute Gasteiger partial charge is 0.454 e. The Balaban J connectivity index is 1.63. The second kappa shape index (κ2) is 7.32. The van der Waals surface area contributed by atoms with E-state index in [2.05, 4.69) is 5.32 Å². The van der Waals surface area contributed by atoms with Gasteiger partial charge in [0.25, 0.3) is 11.6 Å². The maximum absolute atomic E-state index is 12.2. The van der Waals surface area contributed by atoms with Crippen LogP contribution in [0.4, 0.5) is 11.4 Å². The first kappa shape index (κ1) is 18.2. The number of benzene rings is 2. The molecule has 1 atom stereocenters. The topological polar surface area (TPSA) is 117 Å². The molecule has 1 aliphatic rings. The molecule has 3 rings (SSSR count). The lowest BCUT2D eigenvalue weighted by molar-refractivity contribution is -0.385. The number of carbonyl (C=O) groups is 2. The number of rotatable bonds is 5. The van der Waals surface area contributed by atoms with Gasteiger partial charge in [-0.1, -0.05) is 0 Å². The van der Waals surface area contributed by atoms with Crippen LogP contribution in [-0.2, 0) is 9.53 Å². The number of esters is 1. The quantitative estimate of drug-likeness (QED) is 0.487. The van der Waals surface area contributed by atoms with Gasteiger partial charge in [-0.25, -0.2) is 4.79 Å². The number of nitrogens with one attached hydrogen (secondary N) is 1. The van der Waals surface area contributed by atoms with Crippen LogP contribution in [0.1, 0.15) is 22.8 Å². The van der Waals surface area contributed by atoms with E-state index in [1.165, 1.54) is 32.0 Å². The van der Waals surface area contributed by atoms with E-state index in [0.29, 0.717) is 22.7 Å². The van der Waals surface area contributed by atoms with Crippen molar-refractivity contribution in [1.29, 1.82) is 0 Å². The summed E-state index contributed by atoms with van der Waals surface area (Å²) in [6.07, 6.45) is -1.07. The second-order valence-electron chi connectivity index (χ2n) is 5.86. The minimum Gasteiger partial charge on any atom is -0.454 e. The Kier molecular flexibility index (Phi) is 4.93. The molecule has 1 N–H and O–H groups in total. The Labute approximate surface area is 154 Å². The minimum atomic E-state index is -1.07.